The second-order valence-electron chi connectivity index (χ2n) is 10.7. The minimum Gasteiger partial charge on any atom is -0.504 e. The molecule has 0 spiro atoms. The number of benzene rings is 4. The Hall–Kier alpha value is -5.16. The maximum Gasteiger partial charge on any atom is 0.203 e. The van der Waals surface area contributed by atoms with E-state index >= 15 is 0 Å². The molecular weight excluding hydrogens is 620 g/mol. The molecule has 0 saturated carbocycles. The van der Waals surface area contributed by atoms with Crippen LogP contribution in [0.15, 0.2) is 78.0 Å². The Morgan fingerprint density at radius 2 is 1.45 bits per heavy atom. The number of nitrogens with zero attached hydrogens (tertiary/aromatic N) is 2. The number of fused-ring (bicyclic) bond motifs is 1. The molecule has 1 aromatic heterocycles. The molecule has 1 N–H and O–H groups in total. The number of methoxy groups -OCH3 is 4. The number of oxime groups is 1. The zero-order valence-electron chi connectivity index (χ0n) is 26.6. The fourth-order valence-corrected chi connectivity index (χ4v) is 6.27. The number of aromatic hydroxyl groups is 1. The van der Waals surface area contributed by atoms with Crippen LogP contribution in [0.5, 0.6) is 40.2 Å². The number of hydrogen-bond donors (Lipinski definition) is 1. The van der Waals surface area contributed by atoms with Crippen molar-refractivity contribution in [2.24, 2.45) is 5.16 Å². The number of para-hydroxylation sites is 1. The third-order valence-electron chi connectivity index (χ3n) is 7.78. The molecule has 0 radical (unpaired) electrons. The lowest BCUT2D eigenvalue weighted by atomic mass is 9.99. The van der Waals surface area contributed by atoms with Gasteiger partial charge in [-0.15, -0.1) is 11.3 Å². The molecule has 5 aromatic rings. The first kappa shape index (κ1) is 31.8. The molecule has 1 aliphatic heterocycles. The van der Waals surface area contributed by atoms with Crippen molar-refractivity contribution >= 4 is 27.3 Å². The van der Waals surface area contributed by atoms with E-state index in [1.165, 1.54) is 0 Å². The van der Waals surface area contributed by atoms with Crippen molar-refractivity contribution in [2.75, 3.05) is 41.7 Å². The minimum absolute atomic E-state index is 0.0965. The van der Waals surface area contributed by atoms with Gasteiger partial charge in [-0.3, -0.25) is 0 Å². The summed E-state index contributed by atoms with van der Waals surface area (Å²) >= 11 is 1.61. The van der Waals surface area contributed by atoms with Gasteiger partial charge in [0.05, 0.1) is 57.6 Å². The predicted molar refractivity (Wildman–Crippen MR) is 181 cm³/mol. The summed E-state index contributed by atoms with van der Waals surface area (Å²) < 4.78 is 35.2. The second kappa shape index (κ2) is 14.5. The normalized spacial score (nSPS) is 14.0. The summed E-state index contributed by atoms with van der Waals surface area (Å²) in [7, 11) is 6.35. The molecule has 1 aliphatic rings. The lowest BCUT2D eigenvalue weighted by Crippen LogP contribution is -2.06. The molecule has 1 atom stereocenters. The molecule has 0 amide bonds. The third-order valence-corrected chi connectivity index (χ3v) is 8.87. The van der Waals surface area contributed by atoms with Crippen LogP contribution in [-0.4, -0.2) is 57.5 Å². The van der Waals surface area contributed by atoms with Crippen molar-refractivity contribution in [2.45, 2.75) is 25.4 Å². The van der Waals surface area contributed by atoms with Crippen LogP contribution in [0.25, 0.3) is 20.8 Å². The molecule has 244 valence electrons. The van der Waals surface area contributed by atoms with Gasteiger partial charge in [0, 0.05) is 17.5 Å². The van der Waals surface area contributed by atoms with Gasteiger partial charge < -0.3 is 38.4 Å². The van der Waals surface area contributed by atoms with Crippen LogP contribution in [0.4, 0.5) is 0 Å². The molecule has 0 saturated heterocycles. The van der Waals surface area contributed by atoms with E-state index in [1.54, 1.807) is 45.8 Å². The summed E-state index contributed by atoms with van der Waals surface area (Å²) in [5.41, 5.74) is 4.37. The van der Waals surface area contributed by atoms with E-state index in [0.29, 0.717) is 54.1 Å². The van der Waals surface area contributed by atoms with Crippen molar-refractivity contribution in [3.63, 3.8) is 0 Å². The molecular formula is C36H36N2O8S. The first-order chi connectivity index (χ1) is 23.0. The Morgan fingerprint density at radius 3 is 2.15 bits per heavy atom. The van der Waals surface area contributed by atoms with Crippen LogP contribution in [0.1, 0.15) is 36.5 Å². The van der Waals surface area contributed by atoms with Crippen LogP contribution in [-0.2, 0) is 4.84 Å². The summed E-state index contributed by atoms with van der Waals surface area (Å²) in [4.78, 5) is 10.5. The first-order valence-electron chi connectivity index (χ1n) is 15.2. The summed E-state index contributed by atoms with van der Waals surface area (Å²) in [5.74, 6) is 3.40. The van der Waals surface area contributed by atoms with Crippen molar-refractivity contribution in [3.8, 4) is 50.8 Å². The molecule has 10 nitrogen and oxygen atoms in total. The molecule has 0 bridgehead atoms. The van der Waals surface area contributed by atoms with Gasteiger partial charge in [-0.2, -0.15) is 0 Å². The van der Waals surface area contributed by atoms with Gasteiger partial charge in [-0.1, -0.05) is 23.4 Å². The van der Waals surface area contributed by atoms with Gasteiger partial charge in [0.2, 0.25) is 5.75 Å². The van der Waals surface area contributed by atoms with Gasteiger partial charge in [-0.25, -0.2) is 4.98 Å². The highest BCUT2D eigenvalue weighted by Gasteiger charge is 2.27. The molecule has 1 unspecified atom stereocenters. The minimum atomic E-state index is -0.294. The number of phenolic OH excluding ortho intramolecular Hbond substituents is 1. The monoisotopic (exact) mass is 656 g/mol. The molecule has 0 aliphatic carbocycles. The molecule has 6 rings (SSSR count). The lowest BCUT2D eigenvalue weighted by molar-refractivity contribution is 0.0854. The number of thiazole rings is 1. The zero-order valence-corrected chi connectivity index (χ0v) is 27.5. The van der Waals surface area contributed by atoms with Gasteiger partial charge >= 0.3 is 0 Å². The first-order valence-corrected chi connectivity index (χ1v) is 16.0. The number of rotatable bonds is 14. The highest BCUT2D eigenvalue weighted by atomic mass is 32.1. The summed E-state index contributed by atoms with van der Waals surface area (Å²) in [5, 5.41) is 15.6. The van der Waals surface area contributed by atoms with Crippen LogP contribution in [0, 0.1) is 0 Å². The van der Waals surface area contributed by atoms with Crippen LogP contribution in [0.3, 0.4) is 0 Å². The Morgan fingerprint density at radius 1 is 0.745 bits per heavy atom. The quantitative estimate of drug-likeness (QED) is 0.120. The van der Waals surface area contributed by atoms with E-state index in [9.17, 15) is 5.11 Å². The van der Waals surface area contributed by atoms with Crippen LogP contribution in [0.2, 0.25) is 0 Å². The predicted octanol–water partition coefficient (Wildman–Crippen LogP) is 7.81. The van der Waals surface area contributed by atoms with Crippen molar-refractivity contribution in [3.05, 3.63) is 83.9 Å². The third kappa shape index (κ3) is 7.00. The van der Waals surface area contributed by atoms with Gasteiger partial charge in [0.15, 0.2) is 40.6 Å². The van der Waals surface area contributed by atoms with Crippen molar-refractivity contribution in [1.82, 2.24) is 4.98 Å². The maximum atomic E-state index is 10.4. The second-order valence-corrected chi connectivity index (χ2v) is 11.8. The smallest absolute Gasteiger partial charge is 0.203 e. The summed E-state index contributed by atoms with van der Waals surface area (Å²) in [6.45, 7) is 0.883. The van der Waals surface area contributed by atoms with E-state index in [1.807, 2.05) is 60.7 Å². The lowest BCUT2D eigenvalue weighted by Gasteiger charge is -2.15. The zero-order chi connectivity index (χ0) is 32.8. The van der Waals surface area contributed by atoms with Crippen molar-refractivity contribution < 1.29 is 38.4 Å². The van der Waals surface area contributed by atoms with Gasteiger partial charge in [-0.05, 0) is 73.0 Å². The topological polar surface area (TPSA) is 110 Å². The van der Waals surface area contributed by atoms with Gasteiger partial charge in [0.25, 0.3) is 0 Å². The molecule has 47 heavy (non-hydrogen) atoms. The Kier molecular flexibility index (Phi) is 9.82. The molecule has 2 heterocycles. The molecule has 0 fully saturated rings. The highest BCUT2D eigenvalue weighted by Crippen LogP contribution is 2.41. The van der Waals surface area contributed by atoms with Crippen LogP contribution >= 0.6 is 11.3 Å². The SMILES string of the molecule is COc1ccc(C2CC(c3cc(OC)c(OC)c(OC)c3)=NO2)cc1OCCCCOc1cc(-c2nc3ccccc3s2)ccc1O. The number of phenols is 1. The Balaban J connectivity index is 1.03. The fraction of sp³-hybridized carbons (Fsp3) is 0.278. The van der Waals surface area contributed by atoms with E-state index in [0.717, 1.165) is 50.5 Å². The molecule has 11 heteroatoms. The van der Waals surface area contributed by atoms with E-state index in [2.05, 4.69) is 11.2 Å². The Labute approximate surface area is 277 Å². The van der Waals surface area contributed by atoms with E-state index in [4.69, 9.17) is 38.2 Å². The standard InChI is InChI=1S/C36H36N2O8S/c1-40-28-14-12-22(29-21-26(38-46-29)24-19-32(41-2)35(43-4)33(20-24)42-3)17-31(28)45-16-8-7-15-44-30-18-23(11-13-27(30)39)36-37-25-9-5-6-10-34(25)47-36/h5-6,9-14,17-20,29,39H,7-8,15-16,21H2,1-4H3. The van der Waals surface area contributed by atoms with E-state index < -0.39 is 0 Å². The van der Waals surface area contributed by atoms with Crippen molar-refractivity contribution in [1.29, 1.82) is 0 Å². The maximum absolute atomic E-state index is 10.4. The van der Waals surface area contributed by atoms with Gasteiger partial charge in [0.1, 0.15) is 5.01 Å². The number of ether oxygens (including phenoxy) is 6. The summed E-state index contributed by atoms with van der Waals surface area (Å²) in [6.07, 6.45) is 1.72. The largest absolute Gasteiger partial charge is 0.504 e. The van der Waals surface area contributed by atoms with E-state index in [-0.39, 0.29) is 11.9 Å². The molecule has 4 aromatic carbocycles. The fourth-order valence-electron chi connectivity index (χ4n) is 5.31. The highest BCUT2D eigenvalue weighted by molar-refractivity contribution is 7.21. The number of unbranched alkanes of at least 4 members (excludes halogenated alkanes) is 1. The average Bonchev–Trinajstić information content (AvgIpc) is 3.78. The van der Waals surface area contributed by atoms with Crippen LogP contribution < -0.4 is 28.4 Å². The number of hydrogen-bond acceptors (Lipinski definition) is 11. The Bertz CT molecular complexity index is 1830. The summed E-state index contributed by atoms with van der Waals surface area (Å²) in [6, 6.07) is 22.8. The average molecular weight is 657 g/mol. The number of aromatic nitrogens is 1.